The number of carbonyl (C=O) groups excluding carboxylic acids is 2. The number of thioether (sulfide) groups is 1. The van der Waals surface area contributed by atoms with Gasteiger partial charge >= 0.3 is 5.97 Å². The van der Waals surface area contributed by atoms with E-state index in [2.05, 4.69) is 15.1 Å². The molecule has 4 rings (SSSR count). The monoisotopic (exact) mass is 437 g/mol. The van der Waals surface area contributed by atoms with Gasteiger partial charge < -0.3 is 9.72 Å². The lowest BCUT2D eigenvalue weighted by Crippen LogP contribution is -2.17. The first-order chi connectivity index (χ1) is 14.8. The summed E-state index contributed by atoms with van der Waals surface area (Å²) in [5.41, 5.74) is 3.55. The summed E-state index contributed by atoms with van der Waals surface area (Å²) < 4.78 is 6.81. The largest absolute Gasteiger partial charge is 0.462 e. The van der Waals surface area contributed by atoms with Crippen molar-refractivity contribution in [1.82, 2.24) is 24.6 Å². The van der Waals surface area contributed by atoms with Gasteiger partial charge in [-0.05, 0) is 52.3 Å². The fourth-order valence-corrected chi connectivity index (χ4v) is 4.55. The quantitative estimate of drug-likeness (QED) is 0.210. The number of rotatable bonds is 6. The molecule has 0 amide bonds. The van der Waals surface area contributed by atoms with E-state index < -0.39 is 11.2 Å². The molecule has 0 spiro atoms. The summed E-state index contributed by atoms with van der Waals surface area (Å²) in [4.78, 5) is 37.8. The van der Waals surface area contributed by atoms with Crippen LogP contribution < -0.4 is 0 Å². The lowest BCUT2D eigenvalue weighted by Gasteiger charge is -2.11. The summed E-state index contributed by atoms with van der Waals surface area (Å²) in [6, 6.07) is 7.72. The number of para-hydroxylation sites is 1. The molecule has 0 saturated heterocycles. The van der Waals surface area contributed by atoms with Gasteiger partial charge in [-0.1, -0.05) is 23.9 Å². The minimum absolute atomic E-state index is 0.124. The lowest BCUT2D eigenvalue weighted by atomic mass is 10.1. The molecular formula is C22H23N5O3S. The third-order valence-electron chi connectivity index (χ3n) is 5.07. The molecule has 8 nitrogen and oxygen atoms in total. The zero-order chi connectivity index (χ0) is 22.3. The fraction of sp³-hybridized carbons (Fsp3) is 0.318. The third-order valence-corrected chi connectivity index (χ3v) is 6.11. The van der Waals surface area contributed by atoms with E-state index in [1.165, 1.54) is 11.8 Å². The van der Waals surface area contributed by atoms with Crippen LogP contribution in [0.25, 0.3) is 16.6 Å². The number of hydrogen-bond acceptors (Lipinski definition) is 7. The molecule has 4 aromatic rings. The molecule has 0 fully saturated rings. The Balaban J connectivity index is 1.69. The smallest absolute Gasteiger partial charge is 0.340 e. The van der Waals surface area contributed by atoms with Crippen LogP contribution in [-0.2, 0) is 4.74 Å². The van der Waals surface area contributed by atoms with Crippen LogP contribution in [0.2, 0.25) is 0 Å². The number of aryl methyl sites for hydroxylation is 2. The van der Waals surface area contributed by atoms with Gasteiger partial charge in [-0.25, -0.2) is 14.8 Å². The van der Waals surface area contributed by atoms with E-state index in [1.54, 1.807) is 25.3 Å². The molecule has 3 aromatic heterocycles. The van der Waals surface area contributed by atoms with Crippen LogP contribution in [0.4, 0.5) is 0 Å². The molecule has 9 heteroatoms. The van der Waals surface area contributed by atoms with Crippen LogP contribution in [0.3, 0.4) is 0 Å². The molecule has 0 aliphatic carbocycles. The predicted octanol–water partition coefficient (Wildman–Crippen LogP) is 4.07. The molecular weight excluding hydrogens is 414 g/mol. The molecule has 1 atom stereocenters. The number of carbonyl (C=O) groups is 2. The van der Waals surface area contributed by atoms with Crippen molar-refractivity contribution in [3.63, 3.8) is 0 Å². The molecule has 31 heavy (non-hydrogen) atoms. The van der Waals surface area contributed by atoms with Crippen LogP contribution in [0.15, 0.2) is 29.4 Å². The summed E-state index contributed by atoms with van der Waals surface area (Å²) in [5, 5.41) is 5.49. The van der Waals surface area contributed by atoms with E-state index >= 15 is 0 Å². The normalized spacial score (nSPS) is 12.4. The Morgan fingerprint density at radius 3 is 2.68 bits per heavy atom. The molecule has 0 aliphatic heterocycles. The number of nitrogens with zero attached hydrogens (tertiary/aromatic N) is 4. The average molecular weight is 438 g/mol. The van der Waals surface area contributed by atoms with Crippen LogP contribution >= 0.6 is 11.8 Å². The molecule has 0 aliphatic rings. The SMILES string of the molecule is CCOC(=O)c1c(C)[nH]c(C(=O)C(C)Sc2nc3ccccc3c3nc(C)nn23)c1C. The van der Waals surface area contributed by atoms with Crippen molar-refractivity contribution in [1.29, 1.82) is 0 Å². The van der Waals surface area contributed by atoms with E-state index in [9.17, 15) is 9.59 Å². The topological polar surface area (TPSA) is 102 Å². The summed E-state index contributed by atoms with van der Waals surface area (Å²) in [6.45, 7) is 9.20. The second kappa shape index (κ2) is 8.14. The highest BCUT2D eigenvalue weighted by atomic mass is 32.2. The lowest BCUT2D eigenvalue weighted by molar-refractivity contribution is 0.0525. The zero-order valence-corrected chi connectivity index (χ0v) is 18.8. The maximum Gasteiger partial charge on any atom is 0.340 e. The van der Waals surface area contributed by atoms with E-state index in [0.29, 0.717) is 39.1 Å². The van der Waals surface area contributed by atoms with Crippen molar-refractivity contribution < 1.29 is 14.3 Å². The van der Waals surface area contributed by atoms with Gasteiger partial charge in [0.05, 0.1) is 28.6 Å². The van der Waals surface area contributed by atoms with Crippen LogP contribution in [0.5, 0.6) is 0 Å². The fourth-order valence-electron chi connectivity index (χ4n) is 3.63. The van der Waals surface area contributed by atoms with Crippen molar-refractivity contribution >= 4 is 40.1 Å². The first-order valence-corrected chi connectivity index (χ1v) is 10.9. The van der Waals surface area contributed by atoms with Gasteiger partial charge in [0.15, 0.2) is 16.6 Å². The van der Waals surface area contributed by atoms with Gasteiger partial charge in [0.25, 0.3) is 0 Å². The molecule has 1 aromatic carbocycles. The Morgan fingerprint density at radius 1 is 1.19 bits per heavy atom. The van der Waals surface area contributed by atoms with Crippen molar-refractivity contribution in [3.8, 4) is 0 Å². The summed E-state index contributed by atoms with van der Waals surface area (Å²) in [7, 11) is 0. The van der Waals surface area contributed by atoms with Gasteiger partial charge in [-0.15, -0.1) is 5.10 Å². The first-order valence-electron chi connectivity index (χ1n) is 10.0. The number of aromatic amines is 1. The van der Waals surface area contributed by atoms with Gasteiger partial charge in [0, 0.05) is 11.1 Å². The highest BCUT2D eigenvalue weighted by molar-refractivity contribution is 8.00. The van der Waals surface area contributed by atoms with E-state index in [4.69, 9.17) is 9.72 Å². The molecule has 160 valence electrons. The molecule has 1 N–H and O–H groups in total. The second-order valence-electron chi connectivity index (χ2n) is 7.28. The Labute approximate surface area is 183 Å². The number of aromatic nitrogens is 5. The Hall–Kier alpha value is -3.20. The van der Waals surface area contributed by atoms with E-state index in [0.717, 1.165) is 10.9 Å². The minimum Gasteiger partial charge on any atom is -0.462 e. The second-order valence-corrected chi connectivity index (χ2v) is 8.58. The molecule has 0 radical (unpaired) electrons. The first kappa shape index (κ1) is 21.0. The van der Waals surface area contributed by atoms with Crippen molar-refractivity contribution in [3.05, 3.63) is 52.6 Å². The van der Waals surface area contributed by atoms with Gasteiger partial charge in [0.2, 0.25) is 0 Å². The average Bonchev–Trinajstić information content (AvgIpc) is 3.27. The summed E-state index contributed by atoms with van der Waals surface area (Å²) in [6.07, 6.45) is 0. The molecule has 3 heterocycles. The zero-order valence-electron chi connectivity index (χ0n) is 18.0. The molecule has 0 saturated carbocycles. The van der Waals surface area contributed by atoms with Gasteiger partial charge in [-0.3, -0.25) is 4.79 Å². The maximum absolute atomic E-state index is 13.2. The molecule has 1 unspecified atom stereocenters. The summed E-state index contributed by atoms with van der Waals surface area (Å²) in [5.74, 6) is 0.0825. The Bertz CT molecular complexity index is 1320. The molecule has 0 bridgehead atoms. The van der Waals surface area contributed by atoms with E-state index in [-0.39, 0.29) is 12.4 Å². The highest BCUT2D eigenvalue weighted by Crippen LogP contribution is 2.29. The highest BCUT2D eigenvalue weighted by Gasteiger charge is 2.27. The number of Topliss-reactive ketones (excluding diaryl/α,β-unsaturated/α-hetero) is 1. The number of hydrogen-bond donors (Lipinski definition) is 1. The number of benzene rings is 1. The van der Waals surface area contributed by atoms with Crippen molar-refractivity contribution in [2.45, 2.75) is 45.0 Å². The number of fused-ring (bicyclic) bond motifs is 3. The maximum atomic E-state index is 13.2. The number of esters is 1. The standard InChI is InChI=1S/C22H23N5O3S/c1-6-30-21(29)17-11(2)18(23-12(17)3)19(28)13(4)31-22-25-16-10-8-7-9-15(16)20-24-14(5)26-27(20)22/h7-10,13,23H,6H2,1-5H3. The number of ketones is 1. The number of ether oxygens (including phenoxy) is 1. The van der Waals surface area contributed by atoms with E-state index in [1.807, 2.05) is 38.1 Å². The predicted molar refractivity (Wildman–Crippen MR) is 119 cm³/mol. The van der Waals surface area contributed by atoms with Gasteiger partial charge in [-0.2, -0.15) is 4.52 Å². The Kier molecular flexibility index (Phi) is 5.53. The third kappa shape index (κ3) is 3.69. The van der Waals surface area contributed by atoms with Crippen LogP contribution in [0.1, 0.15) is 51.8 Å². The van der Waals surface area contributed by atoms with Crippen molar-refractivity contribution in [2.24, 2.45) is 0 Å². The van der Waals surface area contributed by atoms with Gasteiger partial charge in [0.1, 0.15) is 5.82 Å². The number of H-pyrrole nitrogens is 1. The summed E-state index contributed by atoms with van der Waals surface area (Å²) >= 11 is 1.31. The minimum atomic E-state index is -0.465. The van der Waals surface area contributed by atoms with Crippen LogP contribution in [-0.4, -0.2) is 48.2 Å². The number of nitrogens with one attached hydrogen (secondary N) is 1. The Morgan fingerprint density at radius 2 is 1.94 bits per heavy atom. The van der Waals surface area contributed by atoms with Crippen LogP contribution in [0, 0.1) is 20.8 Å². The van der Waals surface area contributed by atoms with Crippen molar-refractivity contribution in [2.75, 3.05) is 6.61 Å².